The predicted octanol–water partition coefficient (Wildman–Crippen LogP) is 6.15. The molecule has 0 saturated heterocycles. The molecule has 0 atom stereocenters. The summed E-state index contributed by atoms with van der Waals surface area (Å²) in [4.78, 5) is 13.1. The van der Waals surface area contributed by atoms with Gasteiger partial charge in [0.25, 0.3) is 0 Å². The third kappa shape index (κ3) is 4.18. The van der Waals surface area contributed by atoms with Crippen molar-refractivity contribution in [2.24, 2.45) is 0 Å². The van der Waals surface area contributed by atoms with E-state index < -0.39 is 5.60 Å². The molecule has 0 fully saturated rings. The second-order valence-corrected chi connectivity index (χ2v) is 7.24. The van der Waals surface area contributed by atoms with Crippen LogP contribution in [0, 0.1) is 0 Å². The number of carbonyl (C=O) groups excluding carboxylic acids is 1. The van der Waals surface area contributed by atoms with Crippen molar-refractivity contribution in [3.8, 4) is 0 Å². The van der Waals surface area contributed by atoms with Gasteiger partial charge in [0, 0.05) is 23.1 Å². The van der Waals surface area contributed by atoms with Crippen molar-refractivity contribution < 1.29 is 9.53 Å². The van der Waals surface area contributed by atoms with Gasteiger partial charge in [0.2, 0.25) is 0 Å². The molecule has 0 heterocycles. The second kappa shape index (κ2) is 9.23. The van der Waals surface area contributed by atoms with Gasteiger partial charge in [-0.1, -0.05) is 121 Å². The fourth-order valence-electron chi connectivity index (χ4n) is 3.81. The molecule has 0 amide bonds. The molecule has 30 heavy (non-hydrogen) atoms. The standard InChI is InChI=1S/C28H24O2/c29-27(22-21-23-13-5-1-6-14-23)30-28(24-15-7-2-8-16-24,25-17-9-3-10-18-25)26-19-11-4-12-20-26/h1-20H,21-22H2. The monoisotopic (exact) mass is 392 g/mol. The fraction of sp³-hybridized carbons (Fsp3) is 0.107. The highest BCUT2D eigenvalue weighted by atomic mass is 16.6. The maximum Gasteiger partial charge on any atom is 0.307 e. The smallest absolute Gasteiger partial charge is 0.307 e. The average molecular weight is 392 g/mol. The summed E-state index contributed by atoms with van der Waals surface area (Å²) in [6.45, 7) is 0. The summed E-state index contributed by atoms with van der Waals surface area (Å²) in [6, 6.07) is 39.9. The zero-order chi connectivity index (χ0) is 20.7. The Morgan fingerprint density at radius 2 is 0.933 bits per heavy atom. The molecule has 0 aliphatic heterocycles. The first-order valence-corrected chi connectivity index (χ1v) is 10.2. The Balaban J connectivity index is 1.76. The molecule has 0 aliphatic rings. The SMILES string of the molecule is O=C(CCc1ccccc1)OC(c1ccccc1)(c1ccccc1)c1ccccc1. The van der Waals surface area contributed by atoms with Crippen LogP contribution in [0.4, 0.5) is 0 Å². The summed E-state index contributed by atoms with van der Waals surface area (Å²) >= 11 is 0. The van der Waals surface area contributed by atoms with Gasteiger partial charge in [-0.15, -0.1) is 0 Å². The molecular weight excluding hydrogens is 368 g/mol. The molecule has 4 rings (SSSR count). The number of aryl methyl sites for hydroxylation is 1. The van der Waals surface area contributed by atoms with Gasteiger partial charge in [-0.2, -0.15) is 0 Å². The topological polar surface area (TPSA) is 26.3 Å². The molecular formula is C28H24O2. The van der Waals surface area contributed by atoms with Crippen LogP contribution in [0.1, 0.15) is 28.7 Å². The molecule has 0 saturated carbocycles. The summed E-state index contributed by atoms with van der Waals surface area (Å²) in [7, 11) is 0. The number of rotatable bonds is 7. The molecule has 0 N–H and O–H groups in total. The molecule has 0 bridgehead atoms. The first kappa shape index (κ1) is 19.7. The Hall–Kier alpha value is -3.65. The molecule has 0 radical (unpaired) electrons. The van der Waals surface area contributed by atoms with E-state index in [2.05, 4.69) is 0 Å². The maximum absolute atomic E-state index is 13.1. The number of carbonyl (C=O) groups is 1. The van der Waals surface area contributed by atoms with Crippen LogP contribution in [0.5, 0.6) is 0 Å². The van der Waals surface area contributed by atoms with Crippen LogP contribution in [0.3, 0.4) is 0 Å². The number of benzene rings is 4. The summed E-state index contributed by atoms with van der Waals surface area (Å²) < 4.78 is 6.38. The van der Waals surface area contributed by atoms with Crippen LogP contribution in [-0.2, 0) is 21.6 Å². The fourth-order valence-corrected chi connectivity index (χ4v) is 3.81. The van der Waals surface area contributed by atoms with Crippen LogP contribution in [0.2, 0.25) is 0 Å². The van der Waals surface area contributed by atoms with E-state index in [0.717, 1.165) is 22.3 Å². The third-order valence-electron chi connectivity index (χ3n) is 5.27. The second-order valence-electron chi connectivity index (χ2n) is 7.24. The van der Waals surface area contributed by atoms with E-state index in [1.165, 1.54) is 0 Å². The van der Waals surface area contributed by atoms with Crippen molar-refractivity contribution in [1.29, 1.82) is 0 Å². The van der Waals surface area contributed by atoms with E-state index in [-0.39, 0.29) is 5.97 Å². The maximum atomic E-state index is 13.1. The van der Waals surface area contributed by atoms with Gasteiger partial charge >= 0.3 is 5.97 Å². The molecule has 2 nitrogen and oxygen atoms in total. The van der Waals surface area contributed by atoms with Gasteiger partial charge in [0.1, 0.15) is 0 Å². The summed E-state index contributed by atoms with van der Waals surface area (Å²) in [5, 5.41) is 0. The first-order valence-electron chi connectivity index (χ1n) is 10.2. The van der Waals surface area contributed by atoms with Crippen LogP contribution in [-0.4, -0.2) is 5.97 Å². The van der Waals surface area contributed by atoms with Crippen molar-refractivity contribution in [3.05, 3.63) is 144 Å². The lowest BCUT2D eigenvalue weighted by molar-refractivity contribution is -0.153. The van der Waals surface area contributed by atoms with Gasteiger partial charge in [-0.25, -0.2) is 0 Å². The molecule has 0 spiro atoms. The molecule has 4 aromatic rings. The number of esters is 1. The predicted molar refractivity (Wildman–Crippen MR) is 120 cm³/mol. The molecule has 0 aliphatic carbocycles. The van der Waals surface area contributed by atoms with Crippen LogP contribution in [0.25, 0.3) is 0 Å². The molecule has 0 aromatic heterocycles. The Bertz CT molecular complexity index is 962. The summed E-state index contributed by atoms with van der Waals surface area (Å²) in [5.41, 5.74) is 2.90. The van der Waals surface area contributed by atoms with Gasteiger partial charge in [0.05, 0.1) is 0 Å². The number of ether oxygens (including phenoxy) is 1. The van der Waals surface area contributed by atoms with Crippen molar-refractivity contribution >= 4 is 5.97 Å². The van der Waals surface area contributed by atoms with Crippen molar-refractivity contribution in [3.63, 3.8) is 0 Å². The molecule has 4 aromatic carbocycles. The Labute approximate surface area is 177 Å². The number of hydrogen-bond acceptors (Lipinski definition) is 2. The van der Waals surface area contributed by atoms with E-state index in [9.17, 15) is 4.79 Å². The van der Waals surface area contributed by atoms with Crippen LogP contribution >= 0.6 is 0 Å². The first-order chi connectivity index (χ1) is 14.8. The summed E-state index contributed by atoms with van der Waals surface area (Å²) in [6.07, 6.45) is 0.965. The van der Waals surface area contributed by atoms with E-state index in [0.29, 0.717) is 12.8 Å². The highest BCUT2D eigenvalue weighted by molar-refractivity contribution is 5.72. The van der Waals surface area contributed by atoms with Gasteiger partial charge < -0.3 is 4.74 Å². The third-order valence-corrected chi connectivity index (χ3v) is 5.27. The minimum Gasteiger partial charge on any atom is -0.444 e. The number of hydrogen-bond donors (Lipinski definition) is 0. The van der Waals surface area contributed by atoms with Crippen LogP contribution in [0.15, 0.2) is 121 Å². The van der Waals surface area contributed by atoms with Crippen molar-refractivity contribution in [2.45, 2.75) is 18.4 Å². The van der Waals surface area contributed by atoms with Crippen molar-refractivity contribution in [2.75, 3.05) is 0 Å². The lowest BCUT2D eigenvalue weighted by atomic mass is 9.80. The van der Waals surface area contributed by atoms with E-state index in [4.69, 9.17) is 4.74 Å². The Morgan fingerprint density at radius 3 is 1.33 bits per heavy atom. The molecule has 2 heteroatoms. The van der Waals surface area contributed by atoms with E-state index in [1.54, 1.807) is 0 Å². The van der Waals surface area contributed by atoms with E-state index >= 15 is 0 Å². The molecule has 0 unspecified atom stereocenters. The zero-order valence-electron chi connectivity index (χ0n) is 16.8. The highest BCUT2D eigenvalue weighted by Crippen LogP contribution is 2.40. The molecule has 148 valence electrons. The lowest BCUT2D eigenvalue weighted by Crippen LogP contribution is -2.35. The normalized spacial score (nSPS) is 11.1. The summed E-state index contributed by atoms with van der Waals surface area (Å²) in [5.74, 6) is -0.226. The van der Waals surface area contributed by atoms with Gasteiger partial charge in [-0.3, -0.25) is 4.79 Å². The minimum absolute atomic E-state index is 0.226. The largest absolute Gasteiger partial charge is 0.444 e. The van der Waals surface area contributed by atoms with Gasteiger partial charge in [-0.05, 0) is 12.0 Å². The average Bonchev–Trinajstić information content (AvgIpc) is 2.83. The minimum atomic E-state index is -1.00. The van der Waals surface area contributed by atoms with Gasteiger partial charge in [0.15, 0.2) is 5.60 Å². The Kier molecular flexibility index (Phi) is 6.05. The zero-order valence-corrected chi connectivity index (χ0v) is 16.8. The van der Waals surface area contributed by atoms with Crippen LogP contribution < -0.4 is 0 Å². The van der Waals surface area contributed by atoms with E-state index in [1.807, 2.05) is 121 Å². The highest BCUT2D eigenvalue weighted by Gasteiger charge is 2.40. The lowest BCUT2D eigenvalue weighted by Gasteiger charge is -2.35. The van der Waals surface area contributed by atoms with Crippen molar-refractivity contribution in [1.82, 2.24) is 0 Å². The quantitative estimate of drug-likeness (QED) is 0.278. The Morgan fingerprint density at radius 1 is 0.567 bits per heavy atom.